The summed E-state index contributed by atoms with van der Waals surface area (Å²) in [5, 5.41) is 6.70. The number of primary amides is 1. The number of carbonyl (C=O) groups excluding carboxylic acids is 1. The molecule has 1 amide bonds. The van der Waals surface area contributed by atoms with Crippen LogP contribution in [0, 0.1) is 0 Å². The molecule has 0 aliphatic carbocycles. The Kier molecular flexibility index (Phi) is 1.67. The number of H-pyrrole nitrogens is 1. The molecular formula is C6H4N4O4. The Morgan fingerprint density at radius 1 is 1.50 bits per heavy atom. The normalized spacial score (nSPS) is 10.3. The highest BCUT2D eigenvalue weighted by molar-refractivity contribution is 5.96. The molecule has 0 fully saturated rings. The van der Waals surface area contributed by atoms with E-state index in [0.717, 1.165) is 6.26 Å². The molecule has 0 saturated carbocycles. The van der Waals surface area contributed by atoms with Gasteiger partial charge in [0.2, 0.25) is 0 Å². The van der Waals surface area contributed by atoms with Crippen molar-refractivity contribution in [2.45, 2.75) is 0 Å². The number of nitrogens with one attached hydrogen (secondary N) is 1. The number of nitrogens with zero attached hydrogens (tertiary/aromatic N) is 2. The fourth-order valence-electron chi connectivity index (χ4n) is 0.928. The molecule has 8 nitrogen and oxygen atoms in total. The van der Waals surface area contributed by atoms with Gasteiger partial charge in [0.1, 0.15) is 6.26 Å². The lowest BCUT2D eigenvalue weighted by Crippen LogP contribution is -2.12. The second kappa shape index (κ2) is 2.83. The van der Waals surface area contributed by atoms with Gasteiger partial charge in [-0.15, -0.1) is 0 Å². The Morgan fingerprint density at radius 2 is 2.29 bits per heavy atom. The van der Waals surface area contributed by atoms with Crippen molar-refractivity contribution < 1.29 is 13.8 Å². The first-order valence-electron chi connectivity index (χ1n) is 3.49. The van der Waals surface area contributed by atoms with Crippen LogP contribution >= 0.6 is 0 Å². The van der Waals surface area contributed by atoms with Crippen molar-refractivity contribution in [1.29, 1.82) is 0 Å². The number of hydrogen-bond donors (Lipinski definition) is 2. The molecule has 0 spiro atoms. The molecule has 0 radical (unpaired) electrons. The predicted octanol–water partition coefficient (Wildman–Crippen LogP) is -0.883. The van der Waals surface area contributed by atoms with Crippen LogP contribution in [0.4, 0.5) is 0 Å². The van der Waals surface area contributed by atoms with E-state index < -0.39 is 11.7 Å². The van der Waals surface area contributed by atoms with Crippen LogP contribution in [-0.4, -0.2) is 21.2 Å². The lowest BCUT2D eigenvalue weighted by Gasteiger charge is -1.88. The summed E-state index contributed by atoms with van der Waals surface area (Å²) in [4.78, 5) is 23.7. The van der Waals surface area contributed by atoms with Crippen LogP contribution in [0.15, 0.2) is 20.1 Å². The van der Waals surface area contributed by atoms with Crippen LogP contribution < -0.4 is 11.5 Å². The van der Waals surface area contributed by atoms with Crippen molar-refractivity contribution >= 4 is 5.91 Å². The fourth-order valence-corrected chi connectivity index (χ4v) is 0.928. The minimum Gasteiger partial charge on any atom is -0.364 e. The van der Waals surface area contributed by atoms with Crippen molar-refractivity contribution in [3.05, 3.63) is 22.5 Å². The standard InChI is InChI=1S/C6H4N4O4/c7-4(11)3-2(1-13-9-3)5-8-6(12)14-10-5/h1H,(H2,7,11)(H,8,10,12). The average molecular weight is 196 g/mol. The van der Waals surface area contributed by atoms with Crippen LogP contribution in [-0.2, 0) is 0 Å². The third kappa shape index (κ3) is 1.18. The van der Waals surface area contributed by atoms with E-state index in [-0.39, 0.29) is 17.1 Å². The van der Waals surface area contributed by atoms with E-state index in [9.17, 15) is 9.59 Å². The summed E-state index contributed by atoms with van der Waals surface area (Å²) in [6, 6.07) is 0. The fraction of sp³-hybridized carbons (Fsp3) is 0. The van der Waals surface area contributed by atoms with Gasteiger partial charge in [-0.3, -0.25) is 14.3 Å². The number of aromatic nitrogens is 3. The van der Waals surface area contributed by atoms with E-state index in [1.54, 1.807) is 0 Å². The smallest absolute Gasteiger partial charge is 0.364 e. The predicted molar refractivity (Wildman–Crippen MR) is 41.1 cm³/mol. The molecule has 0 aliphatic heterocycles. The first-order valence-corrected chi connectivity index (χ1v) is 3.49. The highest BCUT2D eigenvalue weighted by Gasteiger charge is 2.18. The Labute approximate surface area is 75.7 Å². The maximum Gasteiger partial charge on any atom is 0.439 e. The summed E-state index contributed by atoms with van der Waals surface area (Å²) in [5.41, 5.74) is 5.06. The lowest BCUT2D eigenvalue weighted by molar-refractivity contribution is 0.0992. The molecule has 2 rings (SSSR count). The summed E-state index contributed by atoms with van der Waals surface area (Å²) < 4.78 is 8.76. The van der Waals surface area contributed by atoms with Crippen LogP contribution in [0.2, 0.25) is 0 Å². The van der Waals surface area contributed by atoms with Gasteiger partial charge in [-0.05, 0) is 0 Å². The van der Waals surface area contributed by atoms with E-state index in [4.69, 9.17) is 5.73 Å². The second-order valence-corrected chi connectivity index (χ2v) is 2.38. The van der Waals surface area contributed by atoms with Gasteiger partial charge in [0.25, 0.3) is 5.91 Å². The Bertz CT molecular complexity index is 522. The number of carbonyl (C=O) groups is 1. The second-order valence-electron chi connectivity index (χ2n) is 2.38. The number of amides is 1. The molecule has 0 bridgehead atoms. The minimum absolute atomic E-state index is 0.0463. The van der Waals surface area contributed by atoms with E-state index in [0.29, 0.717) is 0 Å². The zero-order chi connectivity index (χ0) is 10.1. The summed E-state index contributed by atoms with van der Waals surface area (Å²) in [6.45, 7) is 0. The van der Waals surface area contributed by atoms with Crippen molar-refractivity contribution in [3.8, 4) is 11.4 Å². The van der Waals surface area contributed by atoms with Gasteiger partial charge in [0.15, 0.2) is 11.5 Å². The summed E-state index contributed by atoms with van der Waals surface area (Å²) in [7, 11) is 0. The molecule has 0 saturated heterocycles. The molecule has 0 aromatic carbocycles. The average Bonchev–Trinajstić information content (AvgIpc) is 2.70. The SMILES string of the molecule is NC(=O)c1nocc1-c1noc(=O)[nH]1. The van der Waals surface area contributed by atoms with Gasteiger partial charge in [0.05, 0.1) is 5.56 Å². The maximum atomic E-state index is 10.8. The molecule has 0 atom stereocenters. The molecule has 8 heteroatoms. The van der Waals surface area contributed by atoms with Crippen LogP contribution in [0.25, 0.3) is 11.4 Å². The third-order valence-corrected chi connectivity index (χ3v) is 1.50. The van der Waals surface area contributed by atoms with Gasteiger partial charge in [0, 0.05) is 0 Å². The quantitative estimate of drug-likeness (QED) is 0.641. The molecule has 72 valence electrons. The monoisotopic (exact) mass is 196 g/mol. The zero-order valence-corrected chi connectivity index (χ0v) is 6.68. The summed E-state index contributed by atoms with van der Waals surface area (Å²) in [6.07, 6.45) is 1.13. The first kappa shape index (κ1) is 8.23. The summed E-state index contributed by atoms with van der Waals surface area (Å²) in [5.74, 6) is -1.47. The van der Waals surface area contributed by atoms with Gasteiger partial charge >= 0.3 is 5.76 Å². The van der Waals surface area contributed by atoms with Crippen molar-refractivity contribution in [1.82, 2.24) is 15.3 Å². The largest absolute Gasteiger partial charge is 0.439 e. The Hall–Kier alpha value is -2.38. The molecule has 0 aliphatic rings. The van der Waals surface area contributed by atoms with Gasteiger partial charge in [-0.25, -0.2) is 4.79 Å². The number of rotatable bonds is 2. The third-order valence-electron chi connectivity index (χ3n) is 1.50. The van der Waals surface area contributed by atoms with Gasteiger partial charge in [-0.1, -0.05) is 10.3 Å². The van der Waals surface area contributed by atoms with Crippen LogP contribution in [0.3, 0.4) is 0 Å². The van der Waals surface area contributed by atoms with Gasteiger partial charge < -0.3 is 10.3 Å². The minimum atomic E-state index is -0.780. The van der Waals surface area contributed by atoms with Crippen LogP contribution in [0.1, 0.15) is 10.5 Å². The lowest BCUT2D eigenvalue weighted by atomic mass is 10.2. The van der Waals surface area contributed by atoms with Crippen molar-refractivity contribution in [2.24, 2.45) is 5.73 Å². The topological polar surface area (TPSA) is 128 Å². The first-order chi connectivity index (χ1) is 6.68. The van der Waals surface area contributed by atoms with Crippen LogP contribution in [0.5, 0.6) is 0 Å². The van der Waals surface area contributed by atoms with E-state index in [2.05, 4.69) is 24.3 Å². The molecule has 0 unspecified atom stereocenters. The molecule has 14 heavy (non-hydrogen) atoms. The molecule has 2 aromatic heterocycles. The molecule has 2 heterocycles. The van der Waals surface area contributed by atoms with Crippen molar-refractivity contribution in [3.63, 3.8) is 0 Å². The molecule has 3 N–H and O–H groups in total. The van der Waals surface area contributed by atoms with E-state index in [1.807, 2.05) is 0 Å². The molecule has 2 aromatic rings. The zero-order valence-electron chi connectivity index (χ0n) is 6.68. The highest BCUT2D eigenvalue weighted by Crippen LogP contribution is 2.16. The highest BCUT2D eigenvalue weighted by atomic mass is 16.5. The maximum absolute atomic E-state index is 10.8. The van der Waals surface area contributed by atoms with Crippen molar-refractivity contribution in [2.75, 3.05) is 0 Å². The van der Waals surface area contributed by atoms with Gasteiger partial charge in [-0.2, -0.15) is 0 Å². The molecular weight excluding hydrogens is 192 g/mol. The number of nitrogens with two attached hydrogens (primary N) is 1. The Morgan fingerprint density at radius 3 is 2.86 bits per heavy atom. The summed E-state index contributed by atoms with van der Waals surface area (Å²) >= 11 is 0. The number of hydrogen-bond acceptors (Lipinski definition) is 6. The van der Waals surface area contributed by atoms with E-state index in [1.165, 1.54) is 0 Å². The number of aromatic amines is 1. The van der Waals surface area contributed by atoms with E-state index >= 15 is 0 Å². The Balaban J connectivity index is 2.56.